The Morgan fingerprint density at radius 3 is 3.20 bits per heavy atom. The highest BCUT2D eigenvalue weighted by atomic mass is 32.2. The number of thioether (sulfide) groups is 1. The van der Waals surface area contributed by atoms with Crippen LogP contribution in [-0.4, -0.2) is 44.9 Å². The molecule has 0 radical (unpaired) electrons. The lowest BCUT2D eigenvalue weighted by Gasteiger charge is -2.24. The van der Waals surface area contributed by atoms with E-state index < -0.39 is 0 Å². The van der Waals surface area contributed by atoms with Gasteiger partial charge in [-0.2, -0.15) is 11.8 Å². The highest BCUT2D eigenvalue weighted by molar-refractivity contribution is 7.99. The maximum absolute atomic E-state index is 12.7. The molecule has 1 aliphatic heterocycles. The molecule has 1 amide bonds. The molecular weight excluding hydrogens is 270 g/mol. The predicted octanol–water partition coefficient (Wildman–Crippen LogP) is 2.65. The molecule has 1 aliphatic carbocycles. The van der Waals surface area contributed by atoms with Gasteiger partial charge in [-0.15, -0.1) is 0 Å². The van der Waals surface area contributed by atoms with Crippen molar-refractivity contribution in [1.29, 1.82) is 0 Å². The number of nitrogens with zero attached hydrogens (tertiary/aromatic N) is 2. The van der Waals surface area contributed by atoms with Crippen LogP contribution in [0.4, 0.5) is 0 Å². The Hall–Kier alpha value is -0.970. The molecule has 0 bridgehead atoms. The summed E-state index contributed by atoms with van der Waals surface area (Å²) >= 11 is 2.01. The summed E-state index contributed by atoms with van der Waals surface area (Å²) in [6.45, 7) is 4.10. The van der Waals surface area contributed by atoms with Gasteiger partial charge in [0, 0.05) is 42.1 Å². The number of aromatic nitrogens is 2. The third kappa shape index (κ3) is 3.03. The molecule has 1 saturated heterocycles. The first-order valence-electron chi connectivity index (χ1n) is 7.68. The van der Waals surface area contributed by atoms with E-state index in [0.29, 0.717) is 17.1 Å². The number of hydrogen-bond acceptors (Lipinski definition) is 3. The van der Waals surface area contributed by atoms with Crippen LogP contribution in [0, 0.1) is 5.92 Å². The zero-order chi connectivity index (χ0) is 13.9. The van der Waals surface area contributed by atoms with E-state index in [-0.39, 0.29) is 5.92 Å². The molecule has 3 atom stereocenters. The van der Waals surface area contributed by atoms with Crippen LogP contribution in [0.1, 0.15) is 44.2 Å². The number of likely N-dealkylation sites (tertiary alicyclic amines) is 1. The Bertz CT molecular complexity index is 448. The molecule has 1 unspecified atom stereocenters. The molecule has 0 aromatic carbocycles. The molecule has 2 aliphatic rings. The summed E-state index contributed by atoms with van der Waals surface area (Å²) < 4.78 is 0. The van der Waals surface area contributed by atoms with E-state index in [9.17, 15) is 4.79 Å². The van der Waals surface area contributed by atoms with Gasteiger partial charge in [0.25, 0.3) is 0 Å². The Balaban J connectivity index is 1.59. The van der Waals surface area contributed by atoms with Crippen LogP contribution in [-0.2, 0) is 4.79 Å². The maximum atomic E-state index is 12.7. The summed E-state index contributed by atoms with van der Waals surface area (Å²) in [5.41, 5.74) is 1.12. The first-order chi connectivity index (χ1) is 9.79. The van der Waals surface area contributed by atoms with Gasteiger partial charge in [0.05, 0.1) is 6.33 Å². The minimum absolute atomic E-state index is 0.195. The van der Waals surface area contributed by atoms with E-state index in [4.69, 9.17) is 0 Å². The maximum Gasteiger partial charge on any atom is 0.226 e. The largest absolute Gasteiger partial charge is 0.348 e. The molecule has 2 heterocycles. The molecule has 4 nitrogen and oxygen atoms in total. The number of carbonyl (C=O) groups excluding carboxylic acids is 1. The monoisotopic (exact) mass is 293 g/mol. The third-order valence-electron chi connectivity index (χ3n) is 4.37. The molecule has 20 heavy (non-hydrogen) atoms. The van der Waals surface area contributed by atoms with E-state index in [1.807, 2.05) is 18.0 Å². The minimum Gasteiger partial charge on any atom is -0.348 e. The summed E-state index contributed by atoms with van der Waals surface area (Å²) in [6.07, 6.45) is 8.23. The number of hydrogen-bond donors (Lipinski definition) is 1. The average molecular weight is 293 g/mol. The van der Waals surface area contributed by atoms with Crippen LogP contribution in [0.2, 0.25) is 0 Å². The fourth-order valence-corrected chi connectivity index (χ4v) is 4.28. The average Bonchev–Trinajstić information content (AvgIpc) is 3.14. The van der Waals surface area contributed by atoms with E-state index in [1.165, 1.54) is 12.8 Å². The Morgan fingerprint density at radius 2 is 2.45 bits per heavy atom. The quantitative estimate of drug-likeness (QED) is 0.928. The minimum atomic E-state index is 0.195. The van der Waals surface area contributed by atoms with Crippen molar-refractivity contribution < 1.29 is 4.79 Å². The predicted molar refractivity (Wildman–Crippen MR) is 81.8 cm³/mol. The lowest BCUT2D eigenvalue weighted by atomic mass is 10.2. The molecule has 3 rings (SSSR count). The van der Waals surface area contributed by atoms with E-state index >= 15 is 0 Å². The zero-order valence-corrected chi connectivity index (χ0v) is 12.9. The van der Waals surface area contributed by atoms with Crippen LogP contribution in [0.5, 0.6) is 0 Å². The van der Waals surface area contributed by atoms with Gasteiger partial charge in [-0.3, -0.25) is 4.79 Å². The van der Waals surface area contributed by atoms with Crippen LogP contribution in [0.15, 0.2) is 12.5 Å². The summed E-state index contributed by atoms with van der Waals surface area (Å²) in [4.78, 5) is 22.0. The Morgan fingerprint density at radius 1 is 1.55 bits per heavy atom. The van der Waals surface area contributed by atoms with Gasteiger partial charge >= 0.3 is 0 Å². The van der Waals surface area contributed by atoms with Crippen molar-refractivity contribution in [2.24, 2.45) is 5.92 Å². The summed E-state index contributed by atoms with van der Waals surface area (Å²) in [7, 11) is 0. The second-order valence-electron chi connectivity index (χ2n) is 5.81. The molecule has 0 spiro atoms. The molecule has 1 aromatic heterocycles. The first-order valence-corrected chi connectivity index (χ1v) is 8.73. The van der Waals surface area contributed by atoms with Crippen molar-refractivity contribution in [1.82, 2.24) is 14.9 Å². The van der Waals surface area contributed by atoms with E-state index in [0.717, 1.165) is 37.4 Å². The fraction of sp³-hybridized carbons (Fsp3) is 0.733. The molecule has 1 N–H and O–H groups in total. The number of carbonyl (C=O) groups is 1. The smallest absolute Gasteiger partial charge is 0.226 e. The molecule has 5 heteroatoms. The van der Waals surface area contributed by atoms with Crippen molar-refractivity contribution >= 4 is 17.7 Å². The van der Waals surface area contributed by atoms with Gasteiger partial charge in [-0.25, -0.2) is 4.98 Å². The van der Waals surface area contributed by atoms with Gasteiger partial charge in [0.15, 0.2) is 0 Å². The highest BCUT2D eigenvalue weighted by Gasteiger charge is 2.46. The fourth-order valence-electron chi connectivity index (χ4n) is 3.19. The van der Waals surface area contributed by atoms with Gasteiger partial charge < -0.3 is 9.88 Å². The Labute approximate surface area is 124 Å². The Kier molecular flexibility index (Phi) is 4.34. The summed E-state index contributed by atoms with van der Waals surface area (Å²) in [6, 6.07) is 0. The summed E-state index contributed by atoms with van der Waals surface area (Å²) in [5.74, 6) is 2.09. The molecule has 1 saturated carbocycles. The van der Waals surface area contributed by atoms with Crippen molar-refractivity contribution in [3.05, 3.63) is 18.2 Å². The second-order valence-corrected chi connectivity index (χ2v) is 7.39. The lowest BCUT2D eigenvalue weighted by molar-refractivity contribution is -0.132. The van der Waals surface area contributed by atoms with Gasteiger partial charge in [0.1, 0.15) is 0 Å². The number of amides is 1. The second kappa shape index (κ2) is 6.20. The highest BCUT2D eigenvalue weighted by Crippen LogP contribution is 2.47. The summed E-state index contributed by atoms with van der Waals surface area (Å²) in [5, 5.41) is 0.635. The van der Waals surface area contributed by atoms with Crippen molar-refractivity contribution in [2.75, 3.05) is 18.8 Å². The van der Waals surface area contributed by atoms with Crippen LogP contribution < -0.4 is 0 Å². The molecule has 1 aromatic rings. The molecular formula is C15H23N3OS. The van der Waals surface area contributed by atoms with Crippen molar-refractivity contribution in [3.63, 3.8) is 0 Å². The third-order valence-corrected chi connectivity index (χ3v) is 5.56. The normalized spacial score (nSPS) is 30.1. The lowest BCUT2D eigenvalue weighted by Crippen LogP contribution is -2.36. The number of rotatable bonds is 4. The number of aromatic amines is 1. The SMILES string of the molecule is CCSC1CCCCN(C(=O)[C@@H]2C[C@H]2c2cnc[nH]2)C1. The van der Waals surface area contributed by atoms with Crippen molar-refractivity contribution in [3.8, 4) is 0 Å². The molecule has 2 fully saturated rings. The van der Waals surface area contributed by atoms with Gasteiger partial charge in [0.2, 0.25) is 5.91 Å². The first kappa shape index (κ1) is 14.0. The van der Waals surface area contributed by atoms with E-state index in [1.54, 1.807) is 6.33 Å². The number of H-pyrrole nitrogens is 1. The van der Waals surface area contributed by atoms with Gasteiger partial charge in [-0.1, -0.05) is 13.3 Å². The molecule has 110 valence electrons. The van der Waals surface area contributed by atoms with Gasteiger partial charge in [-0.05, 0) is 25.0 Å². The van der Waals surface area contributed by atoms with Crippen LogP contribution in [0.25, 0.3) is 0 Å². The standard InChI is InChI=1S/C15H23N3OS/c1-2-20-11-5-3-4-6-18(9-11)15(19)13-7-12(13)14-8-16-10-17-14/h8,10-13H,2-7,9H2,1H3,(H,16,17)/t11?,12-,13-/m1/s1. The van der Waals surface area contributed by atoms with Crippen molar-refractivity contribution in [2.45, 2.75) is 43.8 Å². The topological polar surface area (TPSA) is 49.0 Å². The number of imidazole rings is 1. The van der Waals surface area contributed by atoms with Crippen LogP contribution in [0.3, 0.4) is 0 Å². The zero-order valence-electron chi connectivity index (χ0n) is 12.0. The number of nitrogens with one attached hydrogen (secondary N) is 1. The van der Waals surface area contributed by atoms with E-state index in [2.05, 4.69) is 21.8 Å². The van der Waals surface area contributed by atoms with Crippen LogP contribution >= 0.6 is 11.8 Å².